The lowest BCUT2D eigenvalue weighted by Gasteiger charge is -2.23. The molecule has 4 aromatic carbocycles. The lowest BCUT2D eigenvalue weighted by Crippen LogP contribution is -2.39. The summed E-state index contributed by atoms with van der Waals surface area (Å²) in [6, 6.07) is 31.2. The van der Waals surface area contributed by atoms with Crippen LogP contribution in [0.25, 0.3) is 0 Å². The van der Waals surface area contributed by atoms with Gasteiger partial charge in [-0.2, -0.15) is 5.10 Å². The van der Waals surface area contributed by atoms with Gasteiger partial charge in [0.05, 0.1) is 16.8 Å². The Labute approximate surface area is 221 Å². The second kappa shape index (κ2) is 12.2. The minimum absolute atomic E-state index is 0.0656. The third kappa shape index (κ3) is 7.19. The van der Waals surface area contributed by atoms with Crippen molar-refractivity contribution >= 4 is 39.4 Å². The predicted molar refractivity (Wildman–Crippen MR) is 145 cm³/mol. The van der Waals surface area contributed by atoms with E-state index in [9.17, 15) is 13.2 Å². The molecule has 37 heavy (non-hydrogen) atoms. The van der Waals surface area contributed by atoms with Gasteiger partial charge >= 0.3 is 0 Å². The van der Waals surface area contributed by atoms with Gasteiger partial charge < -0.3 is 4.74 Å². The monoisotopic (exact) mass is 533 g/mol. The van der Waals surface area contributed by atoms with Crippen LogP contribution in [-0.2, 0) is 21.4 Å². The number of hydrogen-bond donors (Lipinski definition) is 1. The third-order valence-electron chi connectivity index (χ3n) is 5.26. The average molecular weight is 534 g/mol. The highest BCUT2D eigenvalue weighted by molar-refractivity contribution is 7.92. The number of halogens is 1. The first-order chi connectivity index (χ1) is 17.9. The largest absolute Gasteiger partial charge is 0.489 e. The van der Waals surface area contributed by atoms with Gasteiger partial charge in [-0.25, -0.2) is 13.8 Å². The van der Waals surface area contributed by atoms with Gasteiger partial charge in [0.15, 0.2) is 0 Å². The zero-order valence-corrected chi connectivity index (χ0v) is 21.3. The third-order valence-corrected chi connectivity index (χ3v) is 7.30. The number of hydrazone groups is 1. The summed E-state index contributed by atoms with van der Waals surface area (Å²) in [7, 11) is -4.01. The van der Waals surface area contributed by atoms with E-state index < -0.39 is 22.5 Å². The van der Waals surface area contributed by atoms with Crippen LogP contribution in [0.2, 0.25) is 5.02 Å². The molecular weight excluding hydrogens is 510 g/mol. The number of nitrogens with zero attached hydrogens (tertiary/aromatic N) is 2. The van der Waals surface area contributed by atoms with Crippen molar-refractivity contribution < 1.29 is 17.9 Å². The molecule has 4 aromatic rings. The van der Waals surface area contributed by atoms with Crippen LogP contribution < -0.4 is 14.5 Å². The van der Waals surface area contributed by atoms with Crippen molar-refractivity contribution in [3.8, 4) is 5.75 Å². The fourth-order valence-corrected chi connectivity index (χ4v) is 4.95. The van der Waals surface area contributed by atoms with Crippen molar-refractivity contribution in [2.45, 2.75) is 11.5 Å². The number of carbonyl (C=O) groups excluding carboxylic acids is 1. The van der Waals surface area contributed by atoms with Crippen LogP contribution in [0.1, 0.15) is 11.1 Å². The zero-order valence-electron chi connectivity index (χ0n) is 19.7. The smallest absolute Gasteiger partial charge is 0.264 e. The van der Waals surface area contributed by atoms with Crippen molar-refractivity contribution in [1.82, 2.24) is 5.43 Å². The summed E-state index contributed by atoms with van der Waals surface area (Å²) in [5.41, 5.74) is 4.50. The van der Waals surface area contributed by atoms with Crippen LogP contribution in [0.5, 0.6) is 5.75 Å². The summed E-state index contributed by atoms with van der Waals surface area (Å²) in [5, 5.41) is 4.42. The summed E-state index contributed by atoms with van der Waals surface area (Å²) < 4.78 is 33.4. The number of hydrogen-bond acceptors (Lipinski definition) is 5. The Morgan fingerprint density at radius 3 is 2.14 bits per heavy atom. The lowest BCUT2D eigenvalue weighted by atomic mass is 10.2. The Bertz CT molecular complexity index is 1450. The molecule has 0 bridgehead atoms. The van der Waals surface area contributed by atoms with Gasteiger partial charge in [0.2, 0.25) is 0 Å². The molecule has 0 aromatic heterocycles. The molecule has 0 spiro atoms. The number of ether oxygens (including phenoxy) is 1. The summed E-state index contributed by atoms with van der Waals surface area (Å²) in [6.07, 6.45) is 1.47. The highest BCUT2D eigenvalue weighted by Crippen LogP contribution is 2.25. The molecule has 4 rings (SSSR count). The van der Waals surface area contributed by atoms with E-state index in [1.807, 2.05) is 30.3 Å². The second-order valence-electron chi connectivity index (χ2n) is 7.94. The molecule has 188 valence electrons. The van der Waals surface area contributed by atoms with Crippen LogP contribution in [-0.4, -0.2) is 27.1 Å². The van der Waals surface area contributed by atoms with Gasteiger partial charge in [-0.3, -0.25) is 9.10 Å². The molecule has 0 fully saturated rings. The van der Waals surface area contributed by atoms with E-state index in [1.165, 1.54) is 18.3 Å². The first-order valence-electron chi connectivity index (χ1n) is 11.3. The molecule has 0 aliphatic heterocycles. The van der Waals surface area contributed by atoms with Gasteiger partial charge in [-0.15, -0.1) is 0 Å². The molecular formula is C28H24ClN3O4S. The maximum absolute atomic E-state index is 13.3. The number of carbonyl (C=O) groups is 1. The highest BCUT2D eigenvalue weighted by Gasteiger charge is 2.27. The van der Waals surface area contributed by atoms with Crippen LogP contribution in [0.3, 0.4) is 0 Å². The molecule has 0 atom stereocenters. The molecule has 1 amide bonds. The van der Waals surface area contributed by atoms with Crippen LogP contribution >= 0.6 is 11.6 Å². The Kier molecular flexibility index (Phi) is 8.56. The minimum Gasteiger partial charge on any atom is -0.489 e. The molecule has 0 saturated carbocycles. The van der Waals surface area contributed by atoms with E-state index in [-0.39, 0.29) is 4.90 Å². The van der Waals surface area contributed by atoms with Crippen molar-refractivity contribution in [2.24, 2.45) is 5.10 Å². The van der Waals surface area contributed by atoms with Gasteiger partial charge in [0, 0.05) is 5.02 Å². The molecule has 0 unspecified atom stereocenters. The Morgan fingerprint density at radius 1 is 0.865 bits per heavy atom. The molecule has 7 nitrogen and oxygen atoms in total. The van der Waals surface area contributed by atoms with Gasteiger partial charge in [0.25, 0.3) is 15.9 Å². The number of amides is 1. The van der Waals surface area contributed by atoms with Crippen molar-refractivity contribution in [3.05, 3.63) is 125 Å². The maximum atomic E-state index is 13.3. The molecule has 0 heterocycles. The summed E-state index contributed by atoms with van der Waals surface area (Å²) in [6.45, 7) is -0.0111. The number of nitrogens with one attached hydrogen (secondary N) is 1. The second-order valence-corrected chi connectivity index (χ2v) is 10.2. The van der Waals surface area contributed by atoms with E-state index in [2.05, 4.69) is 10.5 Å². The fourth-order valence-electron chi connectivity index (χ4n) is 3.38. The highest BCUT2D eigenvalue weighted by atomic mass is 35.5. The van der Waals surface area contributed by atoms with Crippen molar-refractivity contribution in [3.63, 3.8) is 0 Å². The van der Waals surface area contributed by atoms with Crippen LogP contribution in [0.15, 0.2) is 119 Å². The van der Waals surface area contributed by atoms with E-state index in [4.69, 9.17) is 16.3 Å². The fraction of sp³-hybridized carbons (Fsp3) is 0.0714. The average Bonchev–Trinajstić information content (AvgIpc) is 2.93. The van der Waals surface area contributed by atoms with Crippen LogP contribution in [0.4, 0.5) is 5.69 Å². The number of anilines is 1. The van der Waals surface area contributed by atoms with Crippen molar-refractivity contribution in [1.29, 1.82) is 0 Å². The minimum atomic E-state index is -4.01. The lowest BCUT2D eigenvalue weighted by molar-refractivity contribution is -0.119. The van der Waals surface area contributed by atoms with Gasteiger partial charge in [-0.1, -0.05) is 60.1 Å². The van der Waals surface area contributed by atoms with Gasteiger partial charge in [0.1, 0.15) is 18.9 Å². The molecule has 0 aliphatic carbocycles. The Balaban J connectivity index is 1.39. The topological polar surface area (TPSA) is 88.1 Å². The number of benzene rings is 4. The molecule has 0 radical (unpaired) electrons. The standard InChI is InChI=1S/C28H24ClN3O4S/c29-24-13-15-25(16-14-24)32(37(34,35)27-9-5-2-6-10-27)20-28(33)31-30-19-22-11-17-26(18-12-22)36-21-23-7-3-1-4-8-23/h1-19H,20-21H2,(H,31,33)/b30-19-. The maximum Gasteiger partial charge on any atom is 0.264 e. The summed E-state index contributed by atoms with van der Waals surface area (Å²) >= 11 is 5.96. The van der Waals surface area contributed by atoms with E-state index >= 15 is 0 Å². The summed E-state index contributed by atoms with van der Waals surface area (Å²) in [5.74, 6) is 0.100. The summed E-state index contributed by atoms with van der Waals surface area (Å²) in [4.78, 5) is 12.7. The first-order valence-corrected chi connectivity index (χ1v) is 13.2. The molecule has 9 heteroatoms. The number of rotatable bonds is 10. The van der Waals surface area contributed by atoms with Gasteiger partial charge in [-0.05, 0) is 71.8 Å². The SMILES string of the molecule is O=C(CN(c1ccc(Cl)cc1)S(=O)(=O)c1ccccc1)N/N=C\c1ccc(OCc2ccccc2)cc1. The Morgan fingerprint density at radius 2 is 1.49 bits per heavy atom. The molecule has 0 saturated heterocycles. The quantitative estimate of drug-likeness (QED) is 0.222. The first kappa shape index (κ1) is 25.9. The van der Waals surface area contributed by atoms with E-state index in [1.54, 1.807) is 66.7 Å². The predicted octanol–water partition coefficient (Wildman–Crippen LogP) is 5.26. The zero-order chi connectivity index (χ0) is 26.1. The van der Waals surface area contributed by atoms with E-state index in [0.29, 0.717) is 23.1 Å². The van der Waals surface area contributed by atoms with Crippen molar-refractivity contribution in [2.75, 3.05) is 10.8 Å². The molecule has 0 aliphatic rings. The van der Waals surface area contributed by atoms with Crippen LogP contribution in [0, 0.1) is 0 Å². The Hall–Kier alpha value is -4.14. The normalized spacial score (nSPS) is 11.3. The number of sulfonamides is 1. The molecule has 1 N–H and O–H groups in total. The van der Waals surface area contributed by atoms with E-state index in [0.717, 1.165) is 15.4 Å².